The lowest BCUT2D eigenvalue weighted by molar-refractivity contribution is -0.701. The molecule has 0 atom stereocenters. The maximum absolute atomic E-state index is 12.3. The van der Waals surface area contributed by atoms with Crippen molar-refractivity contribution in [3.05, 3.63) is 65.4 Å². The Hall–Kier alpha value is -4.32. The fourth-order valence-corrected chi connectivity index (χ4v) is 3.28. The van der Waals surface area contributed by atoms with Gasteiger partial charge in [-0.25, -0.2) is 4.79 Å². The molecule has 0 fully saturated rings. The first-order valence-electron chi connectivity index (χ1n) is 10.0. The second kappa shape index (κ2) is 8.81. The average Bonchev–Trinajstić information content (AvgIpc) is 3.43. The second-order valence-corrected chi connectivity index (χ2v) is 6.98. The highest BCUT2D eigenvalue weighted by Crippen LogP contribution is 2.22. The molecule has 0 aliphatic carbocycles. The van der Waals surface area contributed by atoms with Gasteiger partial charge in [0.15, 0.2) is 0 Å². The quantitative estimate of drug-likeness (QED) is 0.456. The third kappa shape index (κ3) is 3.98. The molecule has 0 saturated heterocycles. The van der Waals surface area contributed by atoms with Gasteiger partial charge in [-0.3, -0.25) is 0 Å². The molecule has 3 aromatic rings. The van der Waals surface area contributed by atoms with E-state index in [4.69, 9.17) is 14.7 Å². The summed E-state index contributed by atoms with van der Waals surface area (Å²) in [5.74, 6) is 1.36. The van der Waals surface area contributed by atoms with Gasteiger partial charge in [0.2, 0.25) is 0 Å². The fourth-order valence-electron chi connectivity index (χ4n) is 3.28. The Kier molecular flexibility index (Phi) is 5.77. The number of ether oxygens (including phenoxy) is 2. The lowest BCUT2D eigenvalue weighted by Crippen LogP contribution is -2.52. The minimum absolute atomic E-state index is 0.270. The zero-order valence-electron chi connectivity index (χ0n) is 17.9. The van der Waals surface area contributed by atoms with Gasteiger partial charge in [-0.15, -0.1) is 4.99 Å². The van der Waals surface area contributed by atoms with Gasteiger partial charge in [-0.1, -0.05) is 0 Å². The molecule has 0 amide bonds. The van der Waals surface area contributed by atoms with E-state index in [1.54, 1.807) is 54.8 Å². The van der Waals surface area contributed by atoms with Crippen LogP contribution < -0.4 is 9.53 Å². The van der Waals surface area contributed by atoms with Crippen molar-refractivity contribution in [1.29, 1.82) is 5.26 Å². The standard InChI is InChI=1S/C23H21N6O3/c1-4-32-23(30)20-13-21(25-15(20)2)29-27-22(17-7-11-19(31-3)12-8-17)26-28(29)18-9-5-16(14-24)6-10-18/h5-12H,4,13H2,1-3H3/q+1. The summed E-state index contributed by atoms with van der Waals surface area (Å²) in [5, 5.41) is 18.4. The van der Waals surface area contributed by atoms with E-state index in [1.165, 1.54) is 0 Å². The zero-order chi connectivity index (χ0) is 22.7. The van der Waals surface area contributed by atoms with Crippen LogP contribution in [0.3, 0.4) is 0 Å². The Labute approximate surface area is 184 Å². The molecule has 9 nitrogen and oxygen atoms in total. The number of hydrogen-bond donors (Lipinski definition) is 0. The number of nitrogens with zero attached hydrogens (tertiary/aromatic N) is 6. The zero-order valence-corrected chi connectivity index (χ0v) is 17.9. The molecule has 0 N–H and O–H groups in total. The number of carbonyl (C=O) groups excluding carboxylic acids is 1. The summed E-state index contributed by atoms with van der Waals surface area (Å²) in [7, 11) is 1.61. The number of aliphatic imine (C=N–C) groups is 1. The molecule has 0 radical (unpaired) electrons. The van der Waals surface area contributed by atoms with Gasteiger partial charge in [0.25, 0.3) is 11.7 Å². The molecule has 0 bridgehead atoms. The van der Waals surface area contributed by atoms with Crippen LogP contribution in [0.4, 0.5) is 0 Å². The number of rotatable bonds is 5. The Morgan fingerprint density at radius 2 is 1.91 bits per heavy atom. The van der Waals surface area contributed by atoms with Gasteiger partial charge >= 0.3 is 5.97 Å². The van der Waals surface area contributed by atoms with E-state index in [1.807, 2.05) is 24.3 Å². The number of hydrogen-bond acceptors (Lipinski definition) is 7. The fraction of sp³-hybridized carbons (Fsp3) is 0.217. The van der Waals surface area contributed by atoms with Crippen LogP contribution >= 0.6 is 0 Å². The second-order valence-electron chi connectivity index (χ2n) is 6.98. The topological polar surface area (TPSA) is 106 Å². The summed E-state index contributed by atoms with van der Waals surface area (Å²) in [6, 6.07) is 16.5. The van der Waals surface area contributed by atoms with Crippen molar-refractivity contribution in [2.45, 2.75) is 20.3 Å². The minimum Gasteiger partial charge on any atom is -0.497 e. The summed E-state index contributed by atoms with van der Waals surface area (Å²) < 4.78 is 10.4. The number of benzene rings is 2. The van der Waals surface area contributed by atoms with Crippen molar-refractivity contribution in [3.8, 4) is 28.9 Å². The van der Waals surface area contributed by atoms with Crippen LogP contribution in [0.5, 0.6) is 5.75 Å². The van der Waals surface area contributed by atoms with Crippen molar-refractivity contribution in [2.75, 3.05) is 13.7 Å². The predicted octanol–water partition coefficient (Wildman–Crippen LogP) is 2.59. The summed E-state index contributed by atoms with van der Waals surface area (Å²) in [5.41, 5.74) is 3.11. The largest absolute Gasteiger partial charge is 0.497 e. The predicted molar refractivity (Wildman–Crippen MR) is 115 cm³/mol. The number of carbonyl (C=O) groups is 1. The molecule has 1 aliphatic rings. The number of esters is 1. The highest BCUT2D eigenvalue weighted by atomic mass is 16.5. The molecule has 2 aromatic carbocycles. The number of methoxy groups -OCH3 is 1. The highest BCUT2D eigenvalue weighted by molar-refractivity contribution is 5.98. The average molecular weight is 429 g/mol. The lowest BCUT2D eigenvalue weighted by Gasteiger charge is -2.02. The third-order valence-electron chi connectivity index (χ3n) is 4.95. The highest BCUT2D eigenvalue weighted by Gasteiger charge is 2.33. The van der Waals surface area contributed by atoms with E-state index in [-0.39, 0.29) is 12.4 Å². The van der Waals surface area contributed by atoms with Crippen LogP contribution in [0, 0.1) is 11.3 Å². The van der Waals surface area contributed by atoms with Crippen LogP contribution in [-0.2, 0) is 9.53 Å². The maximum atomic E-state index is 12.3. The molecule has 32 heavy (non-hydrogen) atoms. The first-order chi connectivity index (χ1) is 15.5. The molecule has 0 saturated carbocycles. The summed E-state index contributed by atoms with van der Waals surface area (Å²) >= 11 is 0. The van der Waals surface area contributed by atoms with Crippen molar-refractivity contribution in [2.24, 2.45) is 4.99 Å². The molecule has 9 heteroatoms. The summed E-state index contributed by atoms with van der Waals surface area (Å²) in [6.45, 7) is 3.83. The van der Waals surface area contributed by atoms with E-state index >= 15 is 0 Å². The molecular weight excluding hydrogens is 408 g/mol. The monoisotopic (exact) mass is 429 g/mol. The van der Waals surface area contributed by atoms with Crippen molar-refractivity contribution >= 4 is 11.8 Å². The van der Waals surface area contributed by atoms with Gasteiger partial charge in [0.05, 0.1) is 37.3 Å². The van der Waals surface area contributed by atoms with Gasteiger partial charge < -0.3 is 9.47 Å². The molecule has 0 spiro atoms. The Morgan fingerprint density at radius 1 is 1.19 bits per heavy atom. The molecule has 160 valence electrons. The number of tetrazole rings is 1. The number of allylic oxidation sites excluding steroid dienone is 1. The van der Waals surface area contributed by atoms with E-state index in [9.17, 15) is 4.79 Å². The van der Waals surface area contributed by atoms with Gasteiger partial charge in [0.1, 0.15) is 17.1 Å². The molecule has 2 heterocycles. The minimum atomic E-state index is -0.385. The van der Waals surface area contributed by atoms with Gasteiger partial charge in [-0.2, -0.15) is 5.26 Å². The van der Waals surface area contributed by atoms with Crippen molar-refractivity contribution in [3.63, 3.8) is 0 Å². The van der Waals surface area contributed by atoms with Gasteiger partial charge in [0, 0.05) is 10.7 Å². The third-order valence-corrected chi connectivity index (χ3v) is 4.95. The van der Waals surface area contributed by atoms with E-state index < -0.39 is 0 Å². The summed E-state index contributed by atoms with van der Waals surface area (Å²) in [6.07, 6.45) is 0.270. The van der Waals surface area contributed by atoms with Gasteiger partial charge in [-0.05, 0) is 77.1 Å². The molecule has 0 unspecified atom stereocenters. The normalized spacial score (nSPS) is 13.0. The van der Waals surface area contributed by atoms with Crippen LogP contribution in [0.1, 0.15) is 25.8 Å². The number of nitriles is 1. The van der Waals surface area contributed by atoms with Crippen LogP contribution in [0.15, 0.2) is 64.8 Å². The van der Waals surface area contributed by atoms with E-state index in [2.05, 4.69) is 21.3 Å². The lowest BCUT2D eigenvalue weighted by atomic mass is 10.2. The number of aromatic nitrogens is 4. The first-order valence-corrected chi connectivity index (χ1v) is 10.0. The molecule has 4 rings (SSSR count). The van der Waals surface area contributed by atoms with E-state index in [0.29, 0.717) is 40.8 Å². The molecule has 1 aliphatic heterocycles. The van der Waals surface area contributed by atoms with Crippen LogP contribution in [0.25, 0.3) is 17.1 Å². The Bertz CT molecular complexity index is 1260. The Morgan fingerprint density at radius 3 is 2.53 bits per heavy atom. The molecule has 1 aromatic heterocycles. The van der Waals surface area contributed by atoms with E-state index in [0.717, 1.165) is 11.3 Å². The van der Waals surface area contributed by atoms with Crippen LogP contribution in [0.2, 0.25) is 0 Å². The van der Waals surface area contributed by atoms with Crippen LogP contribution in [-0.4, -0.2) is 40.5 Å². The Balaban J connectivity index is 1.76. The maximum Gasteiger partial charge on any atom is 0.337 e. The van der Waals surface area contributed by atoms with Crippen molar-refractivity contribution in [1.82, 2.24) is 15.0 Å². The van der Waals surface area contributed by atoms with Crippen molar-refractivity contribution < 1.29 is 19.1 Å². The SMILES string of the molecule is CCOC(=O)C1=C(C)N=C([n+]2nc(-c3ccc(OC)cc3)nn2-c2ccc(C#N)cc2)C1. The smallest absolute Gasteiger partial charge is 0.337 e. The first kappa shape index (κ1) is 20.9. The summed E-state index contributed by atoms with van der Waals surface area (Å²) in [4.78, 5) is 20.0. The molecular formula is C23H21N6O3+.